The van der Waals surface area contributed by atoms with Gasteiger partial charge < -0.3 is 10.0 Å². The van der Waals surface area contributed by atoms with Gasteiger partial charge in [0.25, 0.3) is 5.91 Å². The number of nitrogens with zero attached hydrogens (tertiary/aromatic N) is 1. The van der Waals surface area contributed by atoms with Crippen LogP contribution in [0.5, 0.6) is 0 Å². The number of amides is 1. The molecule has 4 heteroatoms. The molecule has 2 aromatic carbocycles. The summed E-state index contributed by atoms with van der Waals surface area (Å²) >= 11 is 0. The molecule has 2 aliphatic heterocycles. The molecule has 0 saturated heterocycles. The van der Waals surface area contributed by atoms with Gasteiger partial charge in [0.1, 0.15) is 0 Å². The Hall–Kier alpha value is -2.62. The summed E-state index contributed by atoms with van der Waals surface area (Å²) in [5.41, 5.74) is 4.47. The Bertz CT molecular complexity index is 856. The Morgan fingerprint density at radius 3 is 2.61 bits per heavy atom. The highest BCUT2D eigenvalue weighted by Crippen LogP contribution is 2.51. The third kappa shape index (κ3) is 1.78. The Labute approximate surface area is 134 Å². The number of aromatic carboxylic acids is 1. The number of benzene rings is 2. The van der Waals surface area contributed by atoms with Crippen molar-refractivity contribution in [3.05, 3.63) is 64.2 Å². The van der Waals surface area contributed by atoms with Crippen molar-refractivity contribution in [2.45, 2.75) is 32.2 Å². The van der Waals surface area contributed by atoms with Crippen LogP contribution in [0.3, 0.4) is 0 Å². The summed E-state index contributed by atoms with van der Waals surface area (Å²) in [5.74, 6) is -0.906. The lowest BCUT2D eigenvalue weighted by Gasteiger charge is -2.37. The summed E-state index contributed by atoms with van der Waals surface area (Å²) < 4.78 is 0. The zero-order valence-corrected chi connectivity index (χ0v) is 13.0. The average Bonchev–Trinajstić information content (AvgIpc) is 2.81. The first-order valence-corrected chi connectivity index (χ1v) is 7.80. The Morgan fingerprint density at radius 2 is 1.87 bits per heavy atom. The number of hydrogen-bond acceptors (Lipinski definition) is 2. The van der Waals surface area contributed by atoms with Gasteiger partial charge in [-0.2, -0.15) is 0 Å². The molecule has 0 bridgehead atoms. The second-order valence-electron chi connectivity index (χ2n) is 6.42. The number of para-hydroxylation sites is 1. The largest absolute Gasteiger partial charge is 0.478 e. The maximum absolute atomic E-state index is 13.0. The van der Waals surface area contributed by atoms with E-state index in [2.05, 4.69) is 13.0 Å². The molecule has 2 aromatic rings. The molecular weight excluding hydrogens is 290 g/mol. The lowest BCUT2D eigenvalue weighted by atomic mass is 9.84. The average molecular weight is 307 g/mol. The normalized spacial score (nSPS) is 21.7. The van der Waals surface area contributed by atoms with Gasteiger partial charge in [-0.1, -0.05) is 37.3 Å². The number of anilines is 1. The molecule has 0 spiro atoms. The zero-order chi connectivity index (χ0) is 16.3. The van der Waals surface area contributed by atoms with Crippen LogP contribution < -0.4 is 4.90 Å². The van der Waals surface area contributed by atoms with Crippen LogP contribution in [0.25, 0.3) is 0 Å². The van der Waals surface area contributed by atoms with E-state index in [1.807, 2.05) is 30.0 Å². The maximum Gasteiger partial charge on any atom is 0.336 e. The van der Waals surface area contributed by atoms with Crippen molar-refractivity contribution >= 4 is 17.6 Å². The van der Waals surface area contributed by atoms with E-state index in [0.29, 0.717) is 11.5 Å². The van der Waals surface area contributed by atoms with Gasteiger partial charge in [-0.3, -0.25) is 4.79 Å². The molecule has 0 unspecified atom stereocenters. The van der Waals surface area contributed by atoms with Crippen molar-refractivity contribution in [2.75, 3.05) is 4.90 Å². The van der Waals surface area contributed by atoms with Crippen LogP contribution in [0, 0.1) is 6.92 Å². The summed E-state index contributed by atoms with van der Waals surface area (Å²) in [5, 5.41) is 9.43. The fourth-order valence-electron chi connectivity index (χ4n) is 4.03. The van der Waals surface area contributed by atoms with E-state index in [9.17, 15) is 14.7 Å². The molecule has 0 aromatic heterocycles. The summed E-state index contributed by atoms with van der Waals surface area (Å²) in [7, 11) is 0. The smallest absolute Gasteiger partial charge is 0.336 e. The van der Waals surface area contributed by atoms with E-state index in [4.69, 9.17) is 0 Å². The molecule has 0 radical (unpaired) electrons. The molecular formula is C19H17NO3. The summed E-state index contributed by atoms with van der Waals surface area (Å²) in [4.78, 5) is 26.4. The quantitative estimate of drug-likeness (QED) is 0.869. The van der Waals surface area contributed by atoms with Crippen LogP contribution in [-0.2, 0) is 0 Å². The predicted molar refractivity (Wildman–Crippen MR) is 87.2 cm³/mol. The Morgan fingerprint density at radius 1 is 1.17 bits per heavy atom. The van der Waals surface area contributed by atoms with Crippen molar-refractivity contribution in [1.82, 2.24) is 0 Å². The first-order valence-electron chi connectivity index (χ1n) is 7.80. The minimum Gasteiger partial charge on any atom is -0.478 e. The molecule has 2 heterocycles. The molecule has 23 heavy (non-hydrogen) atoms. The fourth-order valence-corrected chi connectivity index (χ4v) is 4.03. The fraction of sp³-hybridized carbons (Fsp3) is 0.263. The number of aryl methyl sites for hydroxylation is 1. The SMILES string of the molecule is Cc1cccc2c1N1C(=O)c3c(C(=O)O)cccc3[C@@H]1C[C@H]2C. The number of carboxylic acid groups (broad SMARTS) is 1. The van der Waals surface area contributed by atoms with Crippen LogP contribution in [0.2, 0.25) is 0 Å². The van der Waals surface area contributed by atoms with E-state index < -0.39 is 5.97 Å². The van der Waals surface area contributed by atoms with Gasteiger partial charge in [-0.25, -0.2) is 4.79 Å². The maximum atomic E-state index is 13.0. The number of carbonyl (C=O) groups is 2. The van der Waals surface area contributed by atoms with Crippen LogP contribution in [0.1, 0.15) is 62.7 Å². The molecule has 4 nitrogen and oxygen atoms in total. The number of hydrogen-bond donors (Lipinski definition) is 1. The minimum absolute atomic E-state index is 0.0691. The third-order valence-electron chi connectivity index (χ3n) is 5.05. The van der Waals surface area contributed by atoms with Crippen molar-refractivity contribution in [1.29, 1.82) is 0 Å². The van der Waals surface area contributed by atoms with Crippen LogP contribution >= 0.6 is 0 Å². The van der Waals surface area contributed by atoms with Gasteiger partial charge >= 0.3 is 5.97 Å². The second-order valence-corrected chi connectivity index (χ2v) is 6.42. The molecule has 1 N–H and O–H groups in total. The van der Waals surface area contributed by atoms with Gasteiger partial charge in [0.05, 0.1) is 22.9 Å². The molecule has 2 atom stereocenters. The predicted octanol–water partition coefficient (Wildman–Crippen LogP) is 3.90. The first-order chi connectivity index (χ1) is 11.0. The summed E-state index contributed by atoms with van der Waals surface area (Å²) in [6.07, 6.45) is 0.818. The number of rotatable bonds is 1. The number of carbonyl (C=O) groups excluding carboxylic acids is 1. The number of carboxylic acids is 1. The van der Waals surface area contributed by atoms with Gasteiger partial charge in [-0.05, 0) is 42.0 Å². The molecule has 0 fully saturated rings. The highest BCUT2D eigenvalue weighted by Gasteiger charge is 2.45. The highest BCUT2D eigenvalue weighted by atomic mass is 16.4. The molecule has 4 rings (SSSR count). The van der Waals surface area contributed by atoms with Gasteiger partial charge in [0.15, 0.2) is 0 Å². The van der Waals surface area contributed by atoms with Crippen LogP contribution in [-0.4, -0.2) is 17.0 Å². The number of fused-ring (bicyclic) bond motifs is 5. The monoisotopic (exact) mass is 307 g/mol. The topological polar surface area (TPSA) is 57.6 Å². The van der Waals surface area contributed by atoms with E-state index >= 15 is 0 Å². The van der Waals surface area contributed by atoms with E-state index in [-0.39, 0.29) is 17.5 Å². The van der Waals surface area contributed by atoms with E-state index in [0.717, 1.165) is 23.2 Å². The summed E-state index contributed by atoms with van der Waals surface area (Å²) in [6.45, 7) is 4.17. The Kier molecular flexibility index (Phi) is 2.85. The first kappa shape index (κ1) is 14.0. The second kappa shape index (κ2) is 4.69. The third-order valence-corrected chi connectivity index (χ3v) is 5.05. The zero-order valence-electron chi connectivity index (χ0n) is 13.0. The summed E-state index contributed by atoms with van der Waals surface area (Å²) in [6, 6.07) is 11.2. The Balaban J connectivity index is 1.98. The lowest BCUT2D eigenvalue weighted by Crippen LogP contribution is -2.34. The molecule has 0 aliphatic carbocycles. The minimum atomic E-state index is -1.05. The van der Waals surface area contributed by atoms with Gasteiger partial charge in [-0.15, -0.1) is 0 Å². The van der Waals surface area contributed by atoms with Crippen molar-refractivity contribution in [3.63, 3.8) is 0 Å². The van der Waals surface area contributed by atoms with Crippen LogP contribution in [0.15, 0.2) is 36.4 Å². The molecule has 2 aliphatic rings. The van der Waals surface area contributed by atoms with Crippen LogP contribution in [0.4, 0.5) is 5.69 Å². The van der Waals surface area contributed by atoms with Crippen molar-refractivity contribution in [3.8, 4) is 0 Å². The van der Waals surface area contributed by atoms with E-state index in [1.54, 1.807) is 6.07 Å². The van der Waals surface area contributed by atoms with Gasteiger partial charge in [0.2, 0.25) is 0 Å². The molecule has 1 amide bonds. The highest BCUT2D eigenvalue weighted by molar-refractivity contribution is 6.17. The standard InChI is InChI=1S/C19H17NO3/c1-10-5-3-6-12-11(2)9-15-13-7-4-8-14(19(22)23)16(13)18(21)20(15)17(10)12/h3-8,11,15H,9H2,1-2H3,(H,22,23)/t11-,15+/m1/s1. The lowest BCUT2D eigenvalue weighted by molar-refractivity contribution is 0.0692. The molecule has 116 valence electrons. The molecule has 0 saturated carbocycles. The van der Waals surface area contributed by atoms with Crippen molar-refractivity contribution in [2.24, 2.45) is 0 Å². The van der Waals surface area contributed by atoms with E-state index in [1.165, 1.54) is 11.6 Å². The van der Waals surface area contributed by atoms with Crippen molar-refractivity contribution < 1.29 is 14.7 Å². The van der Waals surface area contributed by atoms with Gasteiger partial charge in [0, 0.05) is 0 Å².